The number of halogens is 17. The van der Waals surface area contributed by atoms with Crippen LogP contribution in [0.25, 0.3) is 0 Å². The lowest BCUT2D eigenvalue weighted by atomic mass is 9.88. The van der Waals surface area contributed by atoms with Gasteiger partial charge in [-0.15, -0.1) is 0 Å². The lowest BCUT2D eigenvalue weighted by Crippen LogP contribution is -2.74. The summed E-state index contributed by atoms with van der Waals surface area (Å²) in [5.74, 6) is -61.1. The van der Waals surface area contributed by atoms with Crippen molar-refractivity contribution in [2.45, 2.75) is 66.9 Å². The summed E-state index contributed by atoms with van der Waals surface area (Å²) >= 11 is 0. The van der Waals surface area contributed by atoms with Crippen molar-refractivity contribution in [1.82, 2.24) is 4.72 Å². The van der Waals surface area contributed by atoms with E-state index in [0.717, 1.165) is 0 Å². The predicted molar refractivity (Wildman–Crippen MR) is 106 cm³/mol. The third-order valence-corrected chi connectivity index (χ3v) is 7.05. The number of hydrogen-bond acceptors (Lipinski definition) is 3. The van der Waals surface area contributed by atoms with Gasteiger partial charge in [-0.3, -0.25) is 4.79 Å². The summed E-state index contributed by atoms with van der Waals surface area (Å²) in [6.45, 7) is -0.652. The van der Waals surface area contributed by atoms with E-state index >= 15 is 0 Å². The Morgan fingerprint density at radius 3 is 1.43 bits per heavy atom. The molecule has 0 fully saturated rings. The highest BCUT2D eigenvalue weighted by atomic mass is 32.2. The van der Waals surface area contributed by atoms with Gasteiger partial charge >= 0.3 is 53.6 Å². The molecule has 0 radical (unpaired) electrons. The SMILES string of the molecule is C[N+](C)(CCCNS(=O)(=O)CCC(F)(F)C(F)(F)C(F)(F)C(F)(F)C(F)(F)C(F)(F)C(F)(F)C(F)(F)F)CCC(=O)O. The fourth-order valence-corrected chi connectivity index (χ4v) is 4.06. The molecule has 0 aliphatic rings. The Kier molecular flexibility index (Phi) is 11.4. The summed E-state index contributed by atoms with van der Waals surface area (Å²) < 4.78 is 250. The lowest BCUT2D eigenvalue weighted by Gasteiger charge is -2.42. The smallest absolute Gasteiger partial charge is 0.460 e. The minimum Gasteiger partial charge on any atom is -0.481 e. The second-order valence-electron chi connectivity index (χ2n) is 9.49. The highest BCUT2D eigenvalue weighted by Gasteiger charge is 2.95. The minimum absolute atomic E-state index is 0.0115. The first kappa shape index (κ1) is 40.1. The van der Waals surface area contributed by atoms with Gasteiger partial charge in [-0.25, -0.2) is 13.1 Å². The van der Waals surface area contributed by atoms with Gasteiger partial charge in [-0.1, -0.05) is 0 Å². The zero-order valence-electron chi connectivity index (χ0n) is 20.9. The summed E-state index contributed by atoms with van der Waals surface area (Å²) in [4.78, 5) is 10.6. The first-order valence-electron chi connectivity index (χ1n) is 10.8. The highest BCUT2D eigenvalue weighted by molar-refractivity contribution is 7.89. The molecule has 0 rings (SSSR count). The maximum atomic E-state index is 13.9. The van der Waals surface area contributed by atoms with Gasteiger partial charge in [0.25, 0.3) is 0 Å². The van der Waals surface area contributed by atoms with Crippen LogP contribution in [0.2, 0.25) is 0 Å². The third kappa shape index (κ3) is 7.62. The van der Waals surface area contributed by atoms with Crippen LogP contribution in [0.1, 0.15) is 19.3 Å². The van der Waals surface area contributed by atoms with Crippen LogP contribution >= 0.6 is 0 Å². The second-order valence-corrected chi connectivity index (χ2v) is 11.4. The maximum Gasteiger partial charge on any atom is 0.460 e. The summed E-state index contributed by atoms with van der Waals surface area (Å²) in [5, 5.41) is 8.62. The van der Waals surface area contributed by atoms with Gasteiger partial charge in [0.05, 0.1) is 39.4 Å². The molecule has 2 N–H and O–H groups in total. The lowest BCUT2D eigenvalue weighted by molar-refractivity contribution is -0.889. The molecule has 0 spiro atoms. The van der Waals surface area contributed by atoms with Crippen molar-refractivity contribution in [1.29, 1.82) is 0 Å². The molecule has 0 saturated carbocycles. The number of aliphatic carboxylic acids is 1. The number of carboxylic acids is 1. The van der Waals surface area contributed by atoms with Crippen molar-refractivity contribution >= 4 is 16.0 Å². The molecular weight excluding hydrogens is 663 g/mol. The van der Waals surface area contributed by atoms with E-state index in [1.807, 2.05) is 0 Å². The molecular formula is C18H22F17N2O4S+. The van der Waals surface area contributed by atoms with Gasteiger partial charge in [0, 0.05) is 19.4 Å². The average Bonchev–Trinajstić information content (AvgIpc) is 2.78. The summed E-state index contributed by atoms with van der Waals surface area (Å²) in [7, 11) is -2.23. The van der Waals surface area contributed by atoms with Crippen molar-refractivity contribution in [3.63, 3.8) is 0 Å². The van der Waals surface area contributed by atoms with Gasteiger partial charge < -0.3 is 9.59 Å². The number of hydrogen-bond donors (Lipinski definition) is 2. The summed E-state index contributed by atoms with van der Waals surface area (Å²) in [6.07, 6.45) is -11.5. The zero-order chi connectivity index (χ0) is 34.2. The standard InChI is InChI=1S/C18H21F17N2O4S/c1-37(2,8-4-10(38)39)7-3-6-36-42(40,41)9-5-11(19,20)12(21,22)13(23,24)14(25,26)15(27,28)16(29,30)17(31,32)18(33,34)35/h36H,3-9H2,1-2H3/p+1. The molecule has 0 bridgehead atoms. The molecule has 252 valence electrons. The number of carboxylic acid groups (broad SMARTS) is 1. The molecule has 0 saturated heterocycles. The average molecular weight is 685 g/mol. The zero-order valence-corrected chi connectivity index (χ0v) is 21.7. The highest BCUT2D eigenvalue weighted by Crippen LogP contribution is 2.64. The number of quaternary nitrogens is 1. The number of nitrogens with one attached hydrogen (secondary N) is 1. The first-order chi connectivity index (χ1) is 18.1. The van der Waals surface area contributed by atoms with E-state index in [1.54, 1.807) is 0 Å². The third-order valence-electron chi connectivity index (χ3n) is 5.67. The molecule has 0 atom stereocenters. The van der Waals surface area contributed by atoms with Crippen molar-refractivity contribution in [3.05, 3.63) is 0 Å². The Bertz CT molecular complexity index is 1060. The van der Waals surface area contributed by atoms with Gasteiger partial charge in [0.2, 0.25) is 10.0 Å². The fraction of sp³-hybridized carbons (Fsp3) is 0.944. The van der Waals surface area contributed by atoms with E-state index in [2.05, 4.69) is 0 Å². The number of rotatable bonds is 17. The van der Waals surface area contributed by atoms with Crippen LogP contribution in [0.3, 0.4) is 0 Å². The fourth-order valence-electron chi connectivity index (χ4n) is 2.93. The Labute approximate surface area is 225 Å². The van der Waals surface area contributed by atoms with E-state index in [4.69, 9.17) is 5.11 Å². The van der Waals surface area contributed by atoms with E-state index in [0.29, 0.717) is 0 Å². The van der Waals surface area contributed by atoms with Crippen molar-refractivity contribution in [2.75, 3.05) is 39.5 Å². The first-order valence-corrected chi connectivity index (χ1v) is 12.5. The van der Waals surface area contributed by atoms with Gasteiger partial charge in [-0.2, -0.15) is 74.6 Å². The van der Waals surface area contributed by atoms with Crippen LogP contribution in [-0.2, 0) is 14.8 Å². The van der Waals surface area contributed by atoms with Crippen LogP contribution < -0.4 is 4.72 Å². The summed E-state index contributed by atoms with van der Waals surface area (Å²) in [5.41, 5.74) is 0. The Morgan fingerprint density at radius 2 is 1.05 bits per heavy atom. The number of carbonyl (C=O) groups is 1. The van der Waals surface area contributed by atoms with Crippen LogP contribution in [0.4, 0.5) is 74.6 Å². The normalized spacial score (nSPS) is 15.7. The van der Waals surface area contributed by atoms with Gasteiger partial charge in [-0.05, 0) is 0 Å². The largest absolute Gasteiger partial charge is 0.481 e. The van der Waals surface area contributed by atoms with E-state index in [-0.39, 0.29) is 30.4 Å². The Hall–Kier alpha value is -1.85. The van der Waals surface area contributed by atoms with Gasteiger partial charge in [0.15, 0.2) is 0 Å². The predicted octanol–water partition coefficient (Wildman–Crippen LogP) is 5.25. The minimum atomic E-state index is -8.76. The molecule has 0 aromatic carbocycles. The topological polar surface area (TPSA) is 83.5 Å². The molecule has 0 aromatic heterocycles. The second kappa shape index (κ2) is 11.9. The molecule has 0 aromatic rings. The van der Waals surface area contributed by atoms with Crippen molar-refractivity contribution < 1.29 is 97.4 Å². The van der Waals surface area contributed by atoms with Crippen LogP contribution in [0.15, 0.2) is 0 Å². The molecule has 42 heavy (non-hydrogen) atoms. The number of alkyl halides is 17. The molecule has 0 unspecified atom stereocenters. The Balaban J connectivity index is 5.88. The van der Waals surface area contributed by atoms with E-state index < -0.39 is 82.3 Å². The van der Waals surface area contributed by atoms with E-state index in [9.17, 15) is 87.8 Å². The molecule has 24 heteroatoms. The molecule has 0 aliphatic heterocycles. The molecule has 6 nitrogen and oxygen atoms in total. The van der Waals surface area contributed by atoms with Crippen molar-refractivity contribution in [2.24, 2.45) is 0 Å². The van der Waals surface area contributed by atoms with Crippen LogP contribution in [0, 0.1) is 0 Å². The monoisotopic (exact) mass is 685 g/mol. The number of nitrogens with zero attached hydrogens (tertiary/aromatic N) is 1. The Morgan fingerprint density at radius 1 is 0.667 bits per heavy atom. The molecule has 0 heterocycles. The molecule has 0 amide bonds. The molecule has 0 aliphatic carbocycles. The number of sulfonamides is 1. The quantitative estimate of drug-likeness (QED) is 0.125. The van der Waals surface area contributed by atoms with E-state index in [1.165, 1.54) is 18.8 Å². The van der Waals surface area contributed by atoms with Gasteiger partial charge in [0.1, 0.15) is 0 Å². The summed E-state index contributed by atoms with van der Waals surface area (Å²) in [6, 6.07) is 0. The maximum absolute atomic E-state index is 13.9. The van der Waals surface area contributed by atoms with Crippen molar-refractivity contribution in [3.8, 4) is 0 Å². The van der Waals surface area contributed by atoms with Crippen LogP contribution in [-0.4, -0.2) is 111 Å². The van der Waals surface area contributed by atoms with Crippen LogP contribution in [0.5, 0.6) is 0 Å².